The van der Waals surface area contributed by atoms with E-state index in [1.54, 1.807) is 0 Å². The van der Waals surface area contributed by atoms with Crippen molar-refractivity contribution in [2.24, 2.45) is 17.8 Å². The maximum absolute atomic E-state index is 4.10. The highest BCUT2D eigenvalue weighted by molar-refractivity contribution is 4.97. The maximum Gasteiger partial charge on any atom is 0.0151 e. The third kappa shape index (κ3) is 3.06. The molecule has 3 atom stereocenters. The van der Waals surface area contributed by atoms with Crippen molar-refractivity contribution < 1.29 is 0 Å². The second-order valence-electron chi connectivity index (χ2n) is 8.02. The fourth-order valence-electron chi connectivity index (χ4n) is 5.06. The monoisotopic (exact) mass is 278 g/mol. The van der Waals surface area contributed by atoms with Crippen molar-refractivity contribution in [2.75, 3.05) is 13.1 Å². The van der Waals surface area contributed by atoms with E-state index in [2.05, 4.69) is 31.0 Å². The van der Waals surface area contributed by atoms with Crippen molar-refractivity contribution in [1.29, 1.82) is 0 Å². The van der Waals surface area contributed by atoms with E-state index in [1.165, 1.54) is 58.0 Å². The number of rotatable bonds is 4. The van der Waals surface area contributed by atoms with Crippen molar-refractivity contribution in [1.82, 2.24) is 10.2 Å². The molecule has 0 spiro atoms. The summed E-state index contributed by atoms with van der Waals surface area (Å²) in [5, 5.41) is 4.10. The van der Waals surface area contributed by atoms with E-state index >= 15 is 0 Å². The SMILES string of the molecule is CC(C)N1CC2CCCC(C1)C2N[C@@H](C)C1CCCC1. The summed E-state index contributed by atoms with van der Waals surface area (Å²) in [6, 6.07) is 2.29. The van der Waals surface area contributed by atoms with Crippen LogP contribution in [0.2, 0.25) is 0 Å². The van der Waals surface area contributed by atoms with Gasteiger partial charge < -0.3 is 10.2 Å². The van der Waals surface area contributed by atoms with Crippen LogP contribution in [0, 0.1) is 17.8 Å². The zero-order valence-corrected chi connectivity index (χ0v) is 13.8. The zero-order valence-electron chi connectivity index (χ0n) is 13.8. The summed E-state index contributed by atoms with van der Waals surface area (Å²) in [6.45, 7) is 9.86. The highest BCUT2D eigenvalue weighted by atomic mass is 15.2. The van der Waals surface area contributed by atoms with Gasteiger partial charge in [0.05, 0.1) is 0 Å². The van der Waals surface area contributed by atoms with E-state index in [9.17, 15) is 0 Å². The van der Waals surface area contributed by atoms with Gasteiger partial charge in [-0.2, -0.15) is 0 Å². The summed E-state index contributed by atoms with van der Waals surface area (Å²) in [6.07, 6.45) is 10.2. The Bertz CT molecular complexity index is 295. The van der Waals surface area contributed by atoms with Crippen LogP contribution in [0.15, 0.2) is 0 Å². The molecule has 0 aromatic rings. The Labute approximate surface area is 125 Å². The highest BCUT2D eigenvalue weighted by Crippen LogP contribution is 2.37. The quantitative estimate of drug-likeness (QED) is 0.844. The third-order valence-corrected chi connectivity index (χ3v) is 6.40. The van der Waals surface area contributed by atoms with Crippen LogP contribution in [-0.2, 0) is 0 Å². The highest BCUT2D eigenvalue weighted by Gasteiger charge is 2.41. The lowest BCUT2D eigenvalue weighted by Crippen LogP contribution is -2.60. The van der Waals surface area contributed by atoms with E-state index in [1.807, 2.05) is 0 Å². The summed E-state index contributed by atoms with van der Waals surface area (Å²) in [4.78, 5) is 2.73. The van der Waals surface area contributed by atoms with Gasteiger partial charge in [-0.15, -0.1) is 0 Å². The first-order valence-corrected chi connectivity index (χ1v) is 9.15. The molecular formula is C18H34N2. The molecule has 3 fully saturated rings. The first-order chi connectivity index (χ1) is 9.65. The number of hydrogen-bond acceptors (Lipinski definition) is 2. The smallest absolute Gasteiger partial charge is 0.0151 e. The lowest BCUT2D eigenvalue weighted by molar-refractivity contribution is 0.0228. The lowest BCUT2D eigenvalue weighted by Gasteiger charge is -2.50. The Balaban J connectivity index is 1.61. The predicted octanol–water partition coefficient (Wildman–Crippen LogP) is 3.66. The molecule has 2 bridgehead atoms. The molecule has 2 saturated carbocycles. The molecule has 2 aliphatic carbocycles. The normalized spacial score (nSPS) is 37.5. The minimum Gasteiger partial charge on any atom is -0.311 e. The van der Waals surface area contributed by atoms with Crippen LogP contribution in [0.25, 0.3) is 0 Å². The molecule has 1 saturated heterocycles. The van der Waals surface area contributed by atoms with Gasteiger partial charge in [0, 0.05) is 31.2 Å². The van der Waals surface area contributed by atoms with Crippen molar-refractivity contribution >= 4 is 0 Å². The van der Waals surface area contributed by atoms with Gasteiger partial charge in [-0.1, -0.05) is 19.3 Å². The van der Waals surface area contributed by atoms with Crippen molar-refractivity contribution in [3.05, 3.63) is 0 Å². The van der Waals surface area contributed by atoms with Crippen LogP contribution in [0.4, 0.5) is 0 Å². The summed E-state index contributed by atoms with van der Waals surface area (Å²) in [5.74, 6) is 2.78. The van der Waals surface area contributed by atoms with Crippen LogP contribution < -0.4 is 5.32 Å². The molecule has 1 heterocycles. The molecule has 3 aliphatic rings. The van der Waals surface area contributed by atoms with Crippen LogP contribution in [-0.4, -0.2) is 36.1 Å². The fourth-order valence-corrected chi connectivity index (χ4v) is 5.06. The van der Waals surface area contributed by atoms with Gasteiger partial charge in [0.25, 0.3) is 0 Å². The molecule has 1 N–H and O–H groups in total. The van der Waals surface area contributed by atoms with E-state index < -0.39 is 0 Å². The lowest BCUT2D eigenvalue weighted by atomic mass is 9.72. The average Bonchev–Trinajstić information content (AvgIpc) is 2.91. The van der Waals surface area contributed by atoms with Gasteiger partial charge in [-0.3, -0.25) is 0 Å². The second kappa shape index (κ2) is 6.36. The molecule has 0 amide bonds. The molecule has 0 aromatic heterocycles. The van der Waals surface area contributed by atoms with Gasteiger partial charge in [0.15, 0.2) is 0 Å². The number of nitrogens with one attached hydrogen (secondary N) is 1. The summed E-state index contributed by atoms with van der Waals surface area (Å²) >= 11 is 0. The van der Waals surface area contributed by atoms with Crippen molar-refractivity contribution in [2.45, 2.75) is 83.8 Å². The molecule has 1 aliphatic heterocycles. The summed E-state index contributed by atoms with van der Waals surface area (Å²) < 4.78 is 0. The molecule has 2 unspecified atom stereocenters. The van der Waals surface area contributed by atoms with Crippen LogP contribution in [0.3, 0.4) is 0 Å². The Kier molecular flexibility index (Phi) is 4.72. The zero-order chi connectivity index (χ0) is 14.1. The van der Waals surface area contributed by atoms with Crippen molar-refractivity contribution in [3.63, 3.8) is 0 Å². The molecule has 2 nitrogen and oxygen atoms in total. The maximum atomic E-state index is 4.10. The minimum absolute atomic E-state index is 0.728. The Morgan fingerprint density at radius 1 is 0.850 bits per heavy atom. The number of piperidine rings is 1. The van der Waals surface area contributed by atoms with Crippen LogP contribution >= 0.6 is 0 Å². The number of fused-ring (bicyclic) bond motifs is 2. The van der Waals surface area contributed by atoms with Gasteiger partial charge in [0.1, 0.15) is 0 Å². The van der Waals surface area contributed by atoms with E-state index in [-0.39, 0.29) is 0 Å². The second-order valence-corrected chi connectivity index (χ2v) is 8.02. The third-order valence-electron chi connectivity index (χ3n) is 6.40. The number of likely N-dealkylation sites (tertiary alicyclic amines) is 1. The fraction of sp³-hybridized carbons (Fsp3) is 1.00. The Hall–Kier alpha value is -0.0800. The topological polar surface area (TPSA) is 15.3 Å². The largest absolute Gasteiger partial charge is 0.311 e. The Morgan fingerprint density at radius 3 is 2.00 bits per heavy atom. The molecular weight excluding hydrogens is 244 g/mol. The van der Waals surface area contributed by atoms with Crippen LogP contribution in [0.5, 0.6) is 0 Å². The van der Waals surface area contributed by atoms with E-state index in [0.29, 0.717) is 0 Å². The van der Waals surface area contributed by atoms with Gasteiger partial charge in [-0.25, -0.2) is 0 Å². The Morgan fingerprint density at radius 2 is 1.45 bits per heavy atom. The number of nitrogens with zero attached hydrogens (tertiary/aromatic N) is 1. The molecule has 3 rings (SSSR count). The average molecular weight is 278 g/mol. The van der Waals surface area contributed by atoms with Gasteiger partial charge in [-0.05, 0) is 64.2 Å². The summed E-state index contributed by atoms with van der Waals surface area (Å²) in [7, 11) is 0. The van der Waals surface area contributed by atoms with Gasteiger partial charge in [0.2, 0.25) is 0 Å². The van der Waals surface area contributed by atoms with E-state index in [0.717, 1.165) is 35.9 Å². The predicted molar refractivity (Wildman–Crippen MR) is 85.9 cm³/mol. The molecule has 0 radical (unpaired) electrons. The van der Waals surface area contributed by atoms with Crippen LogP contribution in [0.1, 0.15) is 65.7 Å². The molecule has 0 aromatic carbocycles. The standard InChI is InChI=1S/C18H34N2/c1-13(2)20-11-16-9-6-10-17(12-20)18(16)19-14(3)15-7-4-5-8-15/h13-19H,4-12H2,1-3H3/t14-,16?,17?,18?/m0/s1. The van der Waals surface area contributed by atoms with Crippen molar-refractivity contribution in [3.8, 4) is 0 Å². The van der Waals surface area contributed by atoms with E-state index in [4.69, 9.17) is 0 Å². The minimum atomic E-state index is 0.728. The first kappa shape index (κ1) is 14.8. The molecule has 116 valence electrons. The molecule has 20 heavy (non-hydrogen) atoms. The number of hydrogen-bond donors (Lipinski definition) is 1. The molecule has 2 heteroatoms. The summed E-state index contributed by atoms with van der Waals surface area (Å²) in [5.41, 5.74) is 0. The van der Waals surface area contributed by atoms with Gasteiger partial charge >= 0.3 is 0 Å². The first-order valence-electron chi connectivity index (χ1n) is 9.15.